The van der Waals surface area contributed by atoms with E-state index >= 15 is 0 Å². The molecule has 1 saturated heterocycles. The Morgan fingerprint density at radius 3 is 2.80 bits per heavy atom. The second-order valence-corrected chi connectivity index (χ2v) is 2.74. The van der Waals surface area contributed by atoms with Crippen molar-refractivity contribution in [3.05, 3.63) is 6.42 Å². The predicted octanol–water partition coefficient (Wildman–Crippen LogP) is 1.78. The molecule has 1 aliphatic heterocycles. The lowest BCUT2D eigenvalue weighted by atomic mass is 9.93. The van der Waals surface area contributed by atoms with E-state index in [9.17, 15) is 0 Å². The summed E-state index contributed by atoms with van der Waals surface area (Å²) >= 11 is 0. The van der Waals surface area contributed by atoms with Crippen molar-refractivity contribution in [1.29, 1.82) is 0 Å². The van der Waals surface area contributed by atoms with E-state index in [2.05, 4.69) is 12.8 Å². The standard InChI is InChI=1S/C9H13O/c1-3-5-8(4-2)9-6-7-10-9/h8-9H,3,5-7H2,1H3. The van der Waals surface area contributed by atoms with Gasteiger partial charge in [0, 0.05) is 12.5 Å². The molecule has 1 rings (SSSR count). The fourth-order valence-electron chi connectivity index (χ4n) is 1.23. The van der Waals surface area contributed by atoms with E-state index in [4.69, 9.17) is 11.2 Å². The highest BCUT2D eigenvalue weighted by Crippen LogP contribution is 2.23. The van der Waals surface area contributed by atoms with Crippen LogP contribution in [-0.4, -0.2) is 12.7 Å². The molecule has 1 radical (unpaired) electrons. The molecule has 0 aliphatic carbocycles. The molecule has 0 N–H and O–H groups in total. The van der Waals surface area contributed by atoms with Gasteiger partial charge >= 0.3 is 0 Å². The quantitative estimate of drug-likeness (QED) is 0.539. The van der Waals surface area contributed by atoms with E-state index in [1.807, 2.05) is 0 Å². The van der Waals surface area contributed by atoms with E-state index in [0.29, 0.717) is 6.10 Å². The average molecular weight is 137 g/mol. The number of hydrogen-bond donors (Lipinski definition) is 0. The molecule has 1 heteroatoms. The molecule has 1 aliphatic rings. The molecule has 2 unspecified atom stereocenters. The Balaban J connectivity index is 2.26. The van der Waals surface area contributed by atoms with Crippen LogP contribution in [0.1, 0.15) is 26.2 Å². The number of rotatable bonds is 3. The van der Waals surface area contributed by atoms with Crippen molar-refractivity contribution < 1.29 is 4.74 Å². The molecule has 1 fully saturated rings. The van der Waals surface area contributed by atoms with E-state index in [-0.39, 0.29) is 5.92 Å². The van der Waals surface area contributed by atoms with Crippen molar-refractivity contribution in [2.75, 3.05) is 6.61 Å². The maximum atomic E-state index is 7.00. The Labute approximate surface area is 62.8 Å². The van der Waals surface area contributed by atoms with Crippen LogP contribution < -0.4 is 0 Å². The molecular weight excluding hydrogens is 124 g/mol. The molecule has 0 bridgehead atoms. The first kappa shape index (κ1) is 7.63. The van der Waals surface area contributed by atoms with Crippen LogP contribution in [0.5, 0.6) is 0 Å². The maximum absolute atomic E-state index is 7.00. The van der Waals surface area contributed by atoms with Crippen LogP contribution in [-0.2, 0) is 4.74 Å². The van der Waals surface area contributed by atoms with Crippen LogP contribution in [0.15, 0.2) is 0 Å². The van der Waals surface area contributed by atoms with Crippen molar-refractivity contribution in [3.63, 3.8) is 0 Å². The van der Waals surface area contributed by atoms with E-state index in [1.165, 1.54) is 0 Å². The summed E-state index contributed by atoms with van der Waals surface area (Å²) in [4.78, 5) is 0. The lowest BCUT2D eigenvalue weighted by Crippen LogP contribution is -2.33. The topological polar surface area (TPSA) is 9.23 Å². The first-order valence-corrected chi connectivity index (χ1v) is 3.92. The third-order valence-corrected chi connectivity index (χ3v) is 1.97. The lowest BCUT2D eigenvalue weighted by Gasteiger charge is -2.30. The lowest BCUT2D eigenvalue weighted by molar-refractivity contribution is -0.0732. The van der Waals surface area contributed by atoms with Gasteiger partial charge in [0.2, 0.25) is 0 Å². The summed E-state index contributed by atoms with van der Waals surface area (Å²) in [6, 6.07) is 0. The molecule has 1 nitrogen and oxygen atoms in total. The van der Waals surface area contributed by atoms with Crippen molar-refractivity contribution in [3.8, 4) is 5.92 Å². The third-order valence-electron chi connectivity index (χ3n) is 1.97. The summed E-state index contributed by atoms with van der Waals surface area (Å²) < 4.78 is 5.25. The molecule has 0 aromatic heterocycles. The predicted molar refractivity (Wildman–Crippen MR) is 39.9 cm³/mol. The zero-order chi connectivity index (χ0) is 7.40. The van der Waals surface area contributed by atoms with Gasteiger partial charge < -0.3 is 4.74 Å². The molecule has 2 atom stereocenters. The van der Waals surface area contributed by atoms with Gasteiger partial charge in [-0.1, -0.05) is 19.3 Å². The Morgan fingerprint density at radius 1 is 1.80 bits per heavy atom. The largest absolute Gasteiger partial charge is 0.377 e. The molecule has 55 valence electrons. The molecule has 0 aromatic rings. The normalized spacial score (nSPS) is 26.6. The van der Waals surface area contributed by atoms with Gasteiger partial charge in [-0.3, -0.25) is 0 Å². The molecule has 0 aromatic carbocycles. The Hall–Kier alpha value is -0.480. The van der Waals surface area contributed by atoms with Gasteiger partial charge in [0.05, 0.1) is 6.10 Å². The molecule has 0 spiro atoms. The monoisotopic (exact) mass is 137 g/mol. The average Bonchev–Trinajstić information content (AvgIpc) is 1.83. The smallest absolute Gasteiger partial charge is 0.0734 e. The first-order valence-electron chi connectivity index (χ1n) is 3.92. The molecular formula is C9H13O. The molecule has 0 amide bonds. The van der Waals surface area contributed by atoms with Crippen LogP contribution in [0.3, 0.4) is 0 Å². The second kappa shape index (κ2) is 3.63. The van der Waals surface area contributed by atoms with Gasteiger partial charge in [-0.25, -0.2) is 0 Å². The summed E-state index contributed by atoms with van der Waals surface area (Å²) in [7, 11) is 0. The fourth-order valence-corrected chi connectivity index (χ4v) is 1.23. The van der Waals surface area contributed by atoms with Crippen LogP contribution >= 0.6 is 0 Å². The van der Waals surface area contributed by atoms with Gasteiger partial charge in [-0.15, -0.1) is 0 Å². The molecule has 0 saturated carbocycles. The van der Waals surface area contributed by atoms with E-state index in [1.54, 1.807) is 0 Å². The minimum absolute atomic E-state index is 0.263. The first-order chi connectivity index (χ1) is 4.88. The highest BCUT2D eigenvalue weighted by atomic mass is 16.5. The van der Waals surface area contributed by atoms with Crippen molar-refractivity contribution in [2.24, 2.45) is 5.92 Å². The highest BCUT2D eigenvalue weighted by molar-refractivity contribution is 4.94. The maximum Gasteiger partial charge on any atom is 0.0734 e. The third kappa shape index (κ3) is 1.52. The molecule has 10 heavy (non-hydrogen) atoms. The zero-order valence-electron chi connectivity index (χ0n) is 6.39. The van der Waals surface area contributed by atoms with Crippen LogP contribution in [0.2, 0.25) is 0 Å². The van der Waals surface area contributed by atoms with Gasteiger partial charge in [-0.05, 0) is 19.3 Å². The second-order valence-electron chi connectivity index (χ2n) is 2.74. The Bertz CT molecular complexity index is 130. The summed E-state index contributed by atoms with van der Waals surface area (Å²) in [5.41, 5.74) is 0. The Kier molecular flexibility index (Phi) is 2.77. The van der Waals surface area contributed by atoms with Gasteiger partial charge in [-0.2, -0.15) is 0 Å². The van der Waals surface area contributed by atoms with Gasteiger partial charge in [0.1, 0.15) is 0 Å². The summed E-state index contributed by atoms with van der Waals surface area (Å²) in [5, 5.41) is 0. The van der Waals surface area contributed by atoms with Crippen LogP contribution in [0, 0.1) is 18.3 Å². The van der Waals surface area contributed by atoms with E-state index < -0.39 is 0 Å². The minimum Gasteiger partial charge on any atom is -0.377 e. The number of ether oxygens (including phenoxy) is 1. The SMILES string of the molecule is [C]#CC(CCC)C1CCO1. The van der Waals surface area contributed by atoms with Crippen molar-refractivity contribution >= 4 is 0 Å². The van der Waals surface area contributed by atoms with Crippen LogP contribution in [0.25, 0.3) is 0 Å². The van der Waals surface area contributed by atoms with Gasteiger partial charge in [0.25, 0.3) is 0 Å². The Morgan fingerprint density at radius 2 is 2.50 bits per heavy atom. The summed E-state index contributed by atoms with van der Waals surface area (Å²) in [6.45, 7) is 3.01. The van der Waals surface area contributed by atoms with Crippen molar-refractivity contribution in [1.82, 2.24) is 0 Å². The minimum atomic E-state index is 0.263. The van der Waals surface area contributed by atoms with Crippen LogP contribution in [0.4, 0.5) is 0 Å². The van der Waals surface area contributed by atoms with E-state index in [0.717, 1.165) is 25.9 Å². The highest BCUT2D eigenvalue weighted by Gasteiger charge is 2.25. The molecule has 1 heterocycles. The summed E-state index contributed by atoms with van der Waals surface area (Å²) in [5.74, 6) is 2.79. The summed E-state index contributed by atoms with van der Waals surface area (Å²) in [6.07, 6.45) is 10.6. The number of hydrogen-bond acceptors (Lipinski definition) is 1. The fraction of sp³-hybridized carbons (Fsp3) is 0.778. The van der Waals surface area contributed by atoms with Gasteiger partial charge in [0.15, 0.2) is 0 Å². The van der Waals surface area contributed by atoms with Crippen molar-refractivity contribution in [2.45, 2.75) is 32.3 Å². The zero-order valence-corrected chi connectivity index (χ0v) is 6.39.